The number of benzene rings is 1. The molecule has 0 aliphatic heterocycles. The Bertz CT molecular complexity index is 383. The van der Waals surface area contributed by atoms with Gasteiger partial charge in [0, 0.05) is 0 Å². The number of carboxylic acids is 1. The van der Waals surface area contributed by atoms with Gasteiger partial charge in [-0.1, -0.05) is 45.1 Å². The van der Waals surface area contributed by atoms with Gasteiger partial charge in [0.1, 0.15) is 0 Å². The Morgan fingerprint density at radius 1 is 1.11 bits per heavy atom. The molecule has 0 aliphatic rings. The van der Waals surface area contributed by atoms with E-state index in [4.69, 9.17) is 5.11 Å². The molecular weight excluding hydrogens is 224 g/mol. The molecule has 2 heteroatoms. The number of carbonyl (C=O) groups is 1. The molecule has 18 heavy (non-hydrogen) atoms. The monoisotopic (exact) mass is 248 g/mol. The van der Waals surface area contributed by atoms with Crippen molar-refractivity contribution in [2.75, 3.05) is 0 Å². The van der Waals surface area contributed by atoms with Crippen molar-refractivity contribution in [2.45, 2.75) is 58.8 Å². The van der Waals surface area contributed by atoms with E-state index in [1.54, 1.807) is 12.1 Å². The summed E-state index contributed by atoms with van der Waals surface area (Å²) < 4.78 is 0. The zero-order valence-electron chi connectivity index (χ0n) is 11.5. The second-order valence-electron chi connectivity index (χ2n) is 4.96. The maximum Gasteiger partial charge on any atom is 0.335 e. The van der Waals surface area contributed by atoms with Gasteiger partial charge in [-0.3, -0.25) is 0 Å². The number of aryl methyl sites for hydroxylation is 2. The number of aromatic carboxylic acids is 1. The molecule has 1 rings (SSSR count). The minimum atomic E-state index is -0.843. The standard InChI is InChI=1S/C16H24O2/c1-3-4-5-6-7-8-9-14-10-11-15(16(17)18)12-13(14)2/h10-12H,3-9H2,1-2H3,(H,17,18). The van der Waals surface area contributed by atoms with Crippen LogP contribution in [0.1, 0.15) is 66.9 Å². The van der Waals surface area contributed by atoms with Crippen LogP contribution in [0.2, 0.25) is 0 Å². The second kappa shape index (κ2) is 7.91. The third kappa shape index (κ3) is 4.91. The highest BCUT2D eigenvalue weighted by Gasteiger charge is 2.05. The van der Waals surface area contributed by atoms with Gasteiger partial charge >= 0.3 is 5.97 Å². The molecule has 0 fully saturated rings. The van der Waals surface area contributed by atoms with Crippen molar-refractivity contribution in [3.63, 3.8) is 0 Å². The van der Waals surface area contributed by atoms with Crippen LogP contribution >= 0.6 is 0 Å². The molecule has 0 spiro atoms. The molecule has 0 aliphatic carbocycles. The van der Waals surface area contributed by atoms with Crippen molar-refractivity contribution in [3.05, 3.63) is 34.9 Å². The summed E-state index contributed by atoms with van der Waals surface area (Å²) >= 11 is 0. The molecule has 0 heterocycles. The minimum absolute atomic E-state index is 0.388. The van der Waals surface area contributed by atoms with Gasteiger partial charge in [-0.05, 0) is 43.0 Å². The predicted molar refractivity (Wildman–Crippen MR) is 75.2 cm³/mol. The third-order valence-corrected chi connectivity index (χ3v) is 3.39. The molecule has 2 nitrogen and oxygen atoms in total. The molecule has 100 valence electrons. The first kappa shape index (κ1) is 14.7. The minimum Gasteiger partial charge on any atom is -0.478 e. The van der Waals surface area contributed by atoms with Gasteiger partial charge < -0.3 is 5.11 Å². The Morgan fingerprint density at radius 2 is 1.78 bits per heavy atom. The van der Waals surface area contributed by atoms with Crippen molar-refractivity contribution in [1.82, 2.24) is 0 Å². The molecule has 0 radical (unpaired) electrons. The summed E-state index contributed by atoms with van der Waals surface area (Å²) in [6.07, 6.45) is 8.84. The van der Waals surface area contributed by atoms with Gasteiger partial charge in [0.2, 0.25) is 0 Å². The Balaban J connectivity index is 2.36. The molecule has 1 N–H and O–H groups in total. The van der Waals surface area contributed by atoms with Crippen LogP contribution < -0.4 is 0 Å². The maximum atomic E-state index is 10.8. The van der Waals surface area contributed by atoms with Gasteiger partial charge in [-0.15, -0.1) is 0 Å². The van der Waals surface area contributed by atoms with E-state index in [1.807, 2.05) is 13.0 Å². The van der Waals surface area contributed by atoms with Crippen LogP contribution in [0.15, 0.2) is 18.2 Å². The second-order valence-corrected chi connectivity index (χ2v) is 4.96. The molecule has 0 atom stereocenters. The van der Waals surface area contributed by atoms with Crippen LogP contribution in [-0.4, -0.2) is 11.1 Å². The van der Waals surface area contributed by atoms with Crippen LogP contribution in [0.25, 0.3) is 0 Å². The van der Waals surface area contributed by atoms with E-state index >= 15 is 0 Å². The lowest BCUT2D eigenvalue weighted by Crippen LogP contribution is -1.99. The Morgan fingerprint density at radius 3 is 2.39 bits per heavy atom. The highest BCUT2D eigenvalue weighted by molar-refractivity contribution is 5.87. The molecule has 0 amide bonds. The molecule has 0 bridgehead atoms. The summed E-state index contributed by atoms with van der Waals surface area (Å²) in [4.78, 5) is 10.8. The third-order valence-electron chi connectivity index (χ3n) is 3.39. The fourth-order valence-electron chi connectivity index (χ4n) is 2.21. The molecule has 0 saturated carbocycles. The lowest BCUT2D eigenvalue weighted by molar-refractivity contribution is 0.0697. The topological polar surface area (TPSA) is 37.3 Å². The maximum absolute atomic E-state index is 10.8. The van der Waals surface area contributed by atoms with Crippen molar-refractivity contribution in [3.8, 4) is 0 Å². The van der Waals surface area contributed by atoms with Crippen LogP contribution in [0.5, 0.6) is 0 Å². The van der Waals surface area contributed by atoms with E-state index in [0.717, 1.165) is 12.0 Å². The van der Waals surface area contributed by atoms with Crippen LogP contribution in [-0.2, 0) is 6.42 Å². The summed E-state index contributed by atoms with van der Waals surface area (Å²) in [5, 5.41) is 8.90. The average molecular weight is 248 g/mol. The molecule has 0 saturated heterocycles. The summed E-state index contributed by atoms with van der Waals surface area (Å²) in [5.74, 6) is -0.843. The van der Waals surface area contributed by atoms with Gasteiger partial charge in [0.05, 0.1) is 5.56 Å². The van der Waals surface area contributed by atoms with Crippen molar-refractivity contribution in [2.24, 2.45) is 0 Å². The lowest BCUT2D eigenvalue weighted by Gasteiger charge is -2.07. The Labute approximate surface area is 110 Å². The number of hydrogen-bond donors (Lipinski definition) is 1. The summed E-state index contributed by atoms with van der Waals surface area (Å²) in [6, 6.07) is 5.45. The summed E-state index contributed by atoms with van der Waals surface area (Å²) in [5.41, 5.74) is 2.78. The average Bonchev–Trinajstić information content (AvgIpc) is 2.35. The number of carboxylic acid groups (broad SMARTS) is 1. The van der Waals surface area contributed by atoms with E-state index in [9.17, 15) is 4.79 Å². The zero-order valence-corrected chi connectivity index (χ0v) is 11.5. The van der Waals surface area contributed by atoms with Crippen molar-refractivity contribution < 1.29 is 9.90 Å². The molecule has 0 unspecified atom stereocenters. The number of unbranched alkanes of at least 4 members (excludes halogenated alkanes) is 5. The first-order valence-corrected chi connectivity index (χ1v) is 6.98. The van der Waals surface area contributed by atoms with Crippen LogP contribution in [0.4, 0.5) is 0 Å². The van der Waals surface area contributed by atoms with Crippen LogP contribution in [0, 0.1) is 6.92 Å². The lowest BCUT2D eigenvalue weighted by atomic mass is 9.99. The first-order valence-electron chi connectivity index (χ1n) is 6.98. The number of hydrogen-bond acceptors (Lipinski definition) is 1. The summed E-state index contributed by atoms with van der Waals surface area (Å²) in [6.45, 7) is 4.23. The van der Waals surface area contributed by atoms with Crippen molar-refractivity contribution in [1.29, 1.82) is 0 Å². The van der Waals surface area contributed by atoms with E-state index < -0.39 is 5.97 Å². The van der Waals surface area contributed by atoms with Gasteiger partial charge in [0.25, 0.3) is 0 Å². The highest BCUT2D eigenvalue weighted by atomic mass is 16.4. The van der Waals surface area contributed by atoms with E-state index in [-0.39, 0.29) is 0 Å². The Kier molecular flexibility index (Phi) is 6.48. The van der Waals surface area contributed by atoms with E-state index in [0.29, 0.717) is 5.56 Å². The fraction of sp³-hybridized carbons (Fsp3) is 0.562. The number of rotatable bonds is 8. The van der Waals surface area contributed by atoms with Crippen LogP contribution in [0.3, 0.4) is 0 Å². The Hall–Kier alpha value is -1.31. The largest absolute Gasteiger partial charge is 0.478 e. The van der Waals surface area contributed by atoms with Gasteiger partial charge in [-0.2, -0.15) is 0 Å². The predicted octanol–water partition coefficient (Wildman–Crippen LogP) is 4.60. The fourth-order valence-corrected chi connectivity index (χ4v) is 2.21. The van der Waals surface area contributed by atoms with E-state index in [1.165, 1.54) is 44.1 Å². The van der Waals surface area contributed by atoms with E-state index in [2.05, 4.69) is 6.92 Å². The SMILES string of the molecule is CCCCCCCCc1ccc(C(=O)O)cc1C. The molecule has 1 aromatic carbocycles. The smallest absolute Gasteiger partial charge is 0.335 e. The molecular formula is C16H24O2. The molecule has 1 aromatic rings. The van der Waals surface area contributed by atoms with Gasteiger partial charge in [-0.25, -0.2) is 4.79 Å². The summed E-state index contributed by atoms with van der Waals surface area (Å²) in [7, 11) is 0. The zero-order chi connectivity index (χ0) is 13.4. The highest BCUT2D eigenvalue weighted by Crippen LogP contribution is 2.15. The van der Waals surface area contributed by atoms with Crippen molar-refractivity contribution >= 4 is 5.97 Å². The van der Waals surface area contributed by atoms with Gasteiger partial charge in [0.15, 0.2) is 0 Å². The normalized spacial score (nSPS) is 10.6. The first-order chi connectivity index (χ1) is 8.65. The quantitative estimate of drug-likeness (QED) is 0.683. The molecule has 0 aromatic heterocycles.